The number of hydrogen-bond donors (Lipinski definition) is 1. The molecule has 1 N–H and O–H groups in total. The van der Waals surface area contributed by atoms with Crippen LogP contribution in [0.5, 0.6) is 0 Å². The first-order valence-corrected chi connectivity index (χ1v) is 6.73. The van der Waals surface area contributed by atoms with Crippen molar-refractivity contribution in [1.29, 1.82) is 0 Å². The molecule has 1 unspecified atom stereocenters. The summed E-state index contributed by atoms with van der Waals surface area (Å²) < 4.78 is 5.57. The summed E-state index contributed by atoms with van der Waals surface area (Å²) in [5.74, 6) is 0. The average Bonchev–Trinajstić information content (AvgIpc) is 2.36. The molecule has 0 spiro atoms. The molecule has 1 heterocycles. The molecule has 1 fully saturated rings. The zero-order chi connectivity index (χ0) is 13.0. The first kappa shape index (κ1) is 13.5. The third kappa shape index (κ3) is 3.31. The van der Waals surface area contributed by atoms with Gasteiger partial charge in [0.15, 0.2) is 0 Å². The van der Waals surface area contributed by atoms with Gasteiger partial charge >= 0.3 is 0 Å². The number of likely N-dealkylation sites (N-methyl/N-ethyl adjacent to an activating group) is 1. The largest absolute Gasteiger partial charge is 0.378 e. The molecule has 100 valence electrons. The number of benzene rings is 1. The van der Waals surface area contributed by atoms with Crippen LogP contribution in [0.2, 0.25) is 0 Å². The summed E-state index contributed by atoms with van der Waals surface area (Å²) in [7, 11) is 2.00. The monoisotopic (exact) mass is 248 g/mol. The molecule has 18 heavy (non-hydrogen) atoms. The first-order chi connectivity index (χ1) is 8.70. The van der Waals surface area contributed by atoms with Gasteiger partial charge in [-0.15, -0.1) is 0 Å². The van der Waals surface area contributed by atoms with Crippen LogP contribution in [0.25, 0.3) is 0 Å². The summed E-state index contributed by atoms with van der Waals surface area (Å²) >= 11 is 0. The fourth-order valence-electron chi connectivity index (χ4n) is 2.51. The van der Waals surface area contributed by atoms with Gasteiger partial charge in [0.05, 0.1) is 13.2 Å². The van der Waals surface area contributed by atoms with Crippen LogP contribution in [0.1, 0.15) is 16.7 Å². The van der Waals surface area contributed by atoms with Crippen LogP contribution in [-0.2, 0) is 11.3 Å². The smallest absolute Gasteiger partial charge is 0.0635 e. The van der Waals surface area contributed by atoms with E-state index < -0.39 is 0 Å². The molecule has 1 atom stereocenters. The fraction of sp³-hybridized carbons (Fsp3) is 0.600. The molecular formula is C15H24N2O. The third-order valence-corrected chi connectivity index (χ3v) is 3.67. The van der Waals surface area contributed by atoms with Crippen LogP contribution >= 0.6 is 0 Å². The Kier molecular flexibility index (Phi) is 4.75. The van der Waals surface area contributed by atoms with Crippen molar-refractivity contribution in [3.63, 3.8) is 0 Å². The molecule has 3 nitrogen and oxygen atoms in total. The highest BCUT2D eigenvalue weighted by Gasteiger charge is 2.22. The van der Waals surface area contributed by atoms with Gasteiger partial charge in [-0.25, -0.2) is 0 Å². The third-order valence-electron chi connectivity index (χ3n) is 3.67. The van der Waals surface area contributed by atoms with Crippen LogP contribution < -0.4 is 5.32 Å². The van der Waals surface area contributed by atoms with Gasteiger partial charge in [-0.3, -0.25) is 4.90 Å². The number of hydrogen-bond acceptors (Lipinski definition) is 3. The van der Waals surface area contributed by atoms with E-state index in [2.05, 4.69) is 42.3 Å². The zero-order valence-corrected chi connectivity index (χ0v) is 11.7. The predicted molar refractivity (Wildman–Crippen MR) is 74.9 cm³/mol. The summed E-state index contributed by atoms with van der Waals surface area (Å²) in [5.41, 5.74) is 4.17. The summed E-state index contributed by atoms with van der Waals surface area (Å²) in [6, 6.07) is 7.20. The maximum atomic E-state index is 5.57. The van der Waals surface area contributed by atoms with Crippen LogP contribution in [0.15, 0.2) is 18.2 Å². The molecule has 0 saturated carbocycles. The minimum Gasteiger partial charge on any atom is -0.378 e. The Hall–Kier alpha value is -0.900. The number of aryl methyl sites for hydroxylation is 2. The quantitative estimate of drug-likeness (QED) is 0.878. The summed E-state index contributed by atoms with van der Waals surface area (Å²) in [4.78, 5) is 2.53. The maximum Gasteiger partial charge on any atom is 0.0635 e. The highest BCUT2D eigenvalue weighted by atomic mass is 16.5. The van der Waals surface area contributed by atoms with Crippen molar-refractivity contribution in [2.75, 3.05) is 33.4 Å². The van der Waals surface area contributed by atoms with E-state index in [9.17, 15) is 0 Å². The molecule has 1 aliphatic heterocycles. The molecule has 1 saturated heterocycles. The predicted octanol–water partition coefficient (Wildman–Crippen LogP) is 1.72. The van der Waals surface area contributed by atoms with Crippen molar-refractivity contribution in [3.8, 4) is 0 Å². The molecule has 0 radical (unpaired) electrons. The second kappa shape index (κ2) is 6.32. The maximum absolute atomic E-state index is 5.57. The standard InChI is InChI=1S/C15H24N2O/c1-12-4-5-13(2)14(8-12)10-17-6-7-18-11-15(17)9-16-3/h4-5,8,15-16H,6-7,9-11H2,1-3H3. The van der Waals surface area contributed by atoms with Crippen LogP contribution in [0.4, 0.5) is 0 Å². The van der Waals surface area contributed by atoms with Gasteiger partial charge in [0.25, 0.3) is 0 Å². The summed E-state index contributed by atoms with van der Waals surface area (Å²) in [6.45, 7) is 9.10. The van der Waals surface area contributed by atoms with Crippen LogP contribution in [-0.4, -0.2) is 44.3 Å². The number of ether oxygens (including phenoxy) is 1. The van der Waals surface area contributed by atoms with E-state index in [-0.39, 0.29) is 0 Å². The van der Waals surface area contributed by atoms with Gasteiger partial charge in [0.1, 0.15) is 0 Å². The Bertz CT molecular complexity index is 390. The van der Waals surface area contributed by atoms with Crippen LogP contribution in [0.3, 0.4) is 0 Å². The van der Waals surface area contributed by atoms with E-state index in [1.807, 2.05) is 7.05 Å². The molecule has 0 amide bonds. The highest BCUT2D eigenvalue weighted by molar-refractivity contribution is 5.30. The average molecular weight is 248 g/mol. The van der Waals surface area contributed by atoms with Gasteiger partial charge in [-0.2, -0.15) is 0 Å². The van der Waals surface area contributed by atoms with Crippen molar-refractivity contribution in [3.05, 3.63) is 34.9 Å². The van der Waals surface area contributed by atoms with Crippen molar-refractivity contribution < 1.29 is 4.74 Å². The van der Waals surface area contributed by atoms with E-state index in [1.165, 1.54) is 16.7 Å². The Balaban J connectivity index is 2.08. The van der Waals surface area contributed by atoms with Crippen LogP contribution in [0, 0.1) is 13.8 Å². The lowest BCUT2D eigenvalue weighted by atomic mass is 10.0. The van der Waals surface area contributed by atoms with E-state index in [0.29, 0.717) is 6.04 Å². The Labute approximate surface area is 110 Å². The number of morpholine rings is 1. The molecule has 1 aromatic carbocycles. The second-order valence-corrected chi connectivity index (χ2v) is 5.19. The fourth-order valence-corrected chi connectivity index (χ4v) is 2.51. The minimum absolute atomic E-state index is 0.490. The lowest BCUT2D eigenvalue weighted by Gasteiger charge is -2.35. The SMILES string of the molecule is CNCC1COCCN1Cc1cc(C)ccc1C. The lowest BCUT2D eigenvalue weighted by molar-refractivity contribution is -0.0104. The molecule has 0 aliphatic carbocycles. The van der Waals surface area contributed by atoms with Gasteiger partial charge in [0, 0.05) is 25.7 Å². The van der Waals surface area contributed by atoms with E-state index >= 15 is 0 Å². The zero-order valence-electron chi connectivity index (χ0n) is 11.7. The Morgan fingerprint density at radius 1 is 1.39 bits per heavy atom. The van der Waals surface area contributed by atoms with Gasteiger partial charge in [-0.05, 0) is 32.0 Å². The number of rotatable bonds is 4. The Morgan fingerprint density at radius 2 is 2.22 bits per heavy atom. The van der Waals surface area contributed by atoms with Gasteiger partial charge in [0.2, 0.25) is 0 Å². The van der Waals surface area contributed by atoms with Crippen molar-refractivity contribution in [1.82, 2.24) is 10.2 Å². The molecule has 3 heteroatoms. The molecule has 0 aromatic heterocycles. The lowest BCUT2D eigenvalue weighted by Crippen LogP contribution is -2.49. The Morgan fingerprint density at radius 3 is 3.00 bits per heavy atom. The molecular weight excluding hydrogens is 224 g/mol. The molecule has 0 bridgehead atoms. The number of nitrogens with zero attached hydrogens (tertiary/aromatic N) is 1. The van der Waals surface area contributed by atoms with E-state index in [1.54, 1.807) is 0 Å². The summed E-state index contributed by atoms with van der Waals surface area (Å²) in [6.07, 6.45) is 0. The van der Waals surface area contributed by atoms with Crippen molar-refractivity contribution in [2.45, 2.75) is 26.4 Å². The van der Waals surface area contributed by atoms with Gasteiger partial charge < -0.3 is 10.1 Å². The first-order valence-electron chi connectivity index (χ1n) is 6.73. The molecule has 2 rings (SSSR count). The normalized spacial score (nSPS) is 21.2. The summed E-state index contributed by atoms with van der Waals surface area (Å²) in [5, 5.41) is 3.26. The topological polar surface area (TPSA) is 24.5 Å². The van der Waals surface area contributed by atoms with Crippen molar-refractivity contribution in [2.24, 2.45) is 0 Å². The minimum atomic E-state index is 0.490. The van der Waals surface area contributed by atoms with Crippen molar-refractivity contribution >= 4 is 0 Å². The van der Waals surface area contributed by atoms with Gasteiger partial charge in [-0.1, -0.05) is 23.8 Å². The van der Waals surface area contributed by atoms with E-state index in [0.717, 1.165) is 32.8 Å². The molecule has 1 aromatic rings. The number of nitrogens with one attached hydrogen (secondary N) is 1. The second-order valence-electron chi connectivity index (χ2n) is 5.19. The highest BCUT2D eigenvalue weighted by Crippen LogP contribution is 2.16. The van der Waals surface area contributed by atoms with E-state index in [4.69, 9.17) is 4.74 Å². The molecule has 1 aliphatic rings.